The van der Waals surface area contributed by atoms with Crippen molar-refractivity contribution in [1.82, 2.24) is 10.2 Å². The first-order chi connectivity index (χ1) is 11.6. The van der Waals surface area contributed by atoms with Gasteiger partial charge in [-0.1, -0.05) is 36.1 Å². The highest BCUT2D eigenvalue weighted by molar-refractivity contribution is 5.89. The van der Waals surface area contributed by atoms with Gasteiger partial charge in [-0.25, -0.2) is 0 Å². The van der Waals surface area contributed by atoms with Crippen molar-refractivity contribution < 1.29 is 14.3 Å². The number of para-hydroxylation sites is 1. The van der Waals surface area contributed by atoms with E-state index in [-0.39, 0.29) is 37.3 Å². The van der Waals surface area contributed by atoms with E-state index in [1.54, 1.807) is 11.9 Å². The number of allylic oxidation sites excluding steroid dienone is 1. The maximum atomic E-state index is 11.9. The Morgan fingerprint density at radius 1 is 1.46 bits per heavy atom. The van der Waals surface area contributed by atoms with Gasteiger partial charge in [0.1, 0.15) is 12.4 Å². The molecule has 0 aliphatic carbocycles. The molecule has 1 atom stereocenters. The normalized spacial score (nSPS) is 16.3. The summed E-state index contributed by atoms with van der Waals surface area (Å²) in [6.07, 6.45) is 2.85. The zero-order chi connectivity index (χ0) is 17.4. The van der Waals surface area contributed by atoms with E-state index in [2.05, 4.69) is 23.7 Å². The van der Waals surface area contributed by atoms with E-state index in [1.807, 2.05) is 30.3 Å². The summed E-state index contributed by atoms with van der Waals surface area (Å²) in [5.74, 6) is 6.14. The zero-order valence-electron chi connectivity index (χ0n) is 13.9. The van der Waals surface area contributed by atoms with Crippen molar-refractivity contribution in [2.24, 2.45) is 5.92 Å². The fourth-order valence-corrected chi connectivity index (χ4v) is 2.51. The number of hydrogen-bond donors (Lipinski definition) is 1. The second-order valence-corrected chi connectivity index (χ2v) is 5.64. The van der Waals surface area contributed by atoms with Gasteiger partial charge in [0.25, 0.3) is 0 Å². The molecular weight excluding hydrogens is 304 g/mol. The van der Waals surface area contributed by atoms with Crippen molar-refractivity contribution in [1.29, 1.82) is 0 Å². The molecule has 1 aromatic carbocycles. The van der Waals surface area contributed by atoms with Gasteiger partial charge in [-0.05, 0) is 18.1 Å². The van der Waals surface area contributed by atoms with Gasteiger partial charge in [0, 0.05) is 20.0 Å². The van der Waals surface area contributed by atoms with Crippen molar-refractivity contribution in [3.05, 3.63) is 42.5 Å². The summed E-state index contributed by atoms with van der Waals surface area (Å²) in [5, 5.41) is 2.74. The van der Waals surface area contributed by atoms with Gasteiger partial charge in [-0.15, -0.1) is 6.58 Å². The van der Waals surface area contributed by atoms with Crippen LogP contribution in [0.2, 0.25) is 0 Å². The van der Waals surface area contributed by atoms with E-state index < -0.39 is 0 Å². The molecule has 1 aromatic rings. The molecule has 2 rings (SSSR count). The minimum absolute atomic E-state index is 0.00724. The zero-order valence-corrected chi connectivity index (χ0v) is 13.9. The SMILES string of the molecule is C=CCc1ccccc1OCC#CCNC(=O)C1CC(=O)N(C)C1. The lowest BCUT2D eigenvalue weighted by Gasteiger charge is -2.09. The van der Waals surface area contributed by atoms with Gasteiger partial charge in [-0.2, -0.15) is 0 Å². The lowest BCUT2D eigenvalue weighted by molar-refractivity contribution is -0.128. The van der Waals surface area contributed by atoms with Crippen LogP contribution in [0.4, 0.5) is 0 Å². The van der Waals surface area contributed by atoms with Crippen LogP contribution in [0, 0.1) is 17.8 Å². The molecule has 126 valence electrons. The van der Waals surface area contributed by atoms with Crippen LogP contribution in [0.3, 0.4) is 0 Å². The van der Waals surface area contributed by atoms with Crippen LogP contribution in [0.1, 0.15) is 12.0 Å². The third-order valence-electron chi connectivity index (χ3n) is 3.82. The summed E-state index contributed by atoms with van der Waals surface area (Å²) >= 11 is 0. The summed E-state index contributed by atoms with van der Waals surface area (Å²) in [5.41, 5.74) is 1.07. The average Bonchev–Trinajstić information content (AvgIpc) is 2.91. The largest absolute Gasteiger partial charge is 0.481 e. The number of amides is 2. The molecule has 1 aliphatic rings. The number of ether oxygens (including phenoxy) is 1. The highest BCUT2D eigenvalue weighted by Gasteiger charge is 2.31. The lowest BCUT2D eigenvalue weighted by atomic mass is 10.1. The van der Waals surface area contributed by atoms with Crippen LogP contribution in [-0.4, -0.2) is 43.5 Å². The molecule has 0 saturated carbocycles. The Kier molecular flexibility index (Phi) is 6.44. The third-order valence-corrected chi connectivity index (χ3v) is 3.82. The Balaban J connectivity index is 1.72. The molecule has 1 heterocycles. The van der Waals surface area contributed by atoms with E-state index in [4.69, 9.17) is 4.74 Å². The van der Waals surface area contributed by atoms with Crippen LogP contribution in [0.15, 0.2) is 36.9 Å². The smallest absolute Gasteiger partial charge is 0.226 e. The van der Waals surface area contributed by atoms with Crippen molar-refractivity contribution in [2.45, 2.75) is 12.8 Å². The predicted octanol–water partition coefficient (Wildman–Crippen LogP) is 1.39. The number of carbonyl (C=O) groups is 2. The molecular formula is C19H22N2O3. The number of carbonyl (C=O) groups excluding carboxylic acids is 2. The van der Waals surface area contributed by atoms with Gasteiger partial charge >= 0.3 is 0 Å². The molecule has 2 amide bonds. The number of nitrogens with one attached hydrogen (secondary N) is 1. The van der Waals surface area contributed by atoms with Gasteiger partial charge in [-0.3, -0.25) is 9.59 Å². The van der Waals surface area contributed by atoms with Gasteiger partial charge < -0.3 is 15.0 Å². The first-order valence-electron chi connectivity index (χ1n) is 7.90. The average molecular weight is 326 g/mol. The number of likely N-dealkylation sites (tertiary alicyclic amines) is 1. The predicted molar refractivity (Wildman–Crippen MR) is 92.4 cm³/mol. The Morgan fingerprint density at radius 3 is 2.96 bits per heavy atom. The first kappa shape index (κ1) is 17.6. The molecule has 24 heavy (non-hydrogen) atoms. The van der Waals surface area contributed by atoms with E-state index in [0.717, 1.165) is 17.7 Å². The molecule has 1 unspecified atom stereocenters. The van der Waals surface area contributed by atoms with Gasteiger partial charge in [0.15, 0.2) is 0 Å². The van der Waals surface area contributed by atoms with Crippen LogP contribution >= 0.6 is 0 Å². The number of hydrogen-bond acceptors (Lipinski definition) is 3. The molecule has 5 heteroatoms. The molecule has 1 aliphatic heterocycles. The summed E-state index contributed by atoms with van der Waals surface area (Å²) in [4.78, 5) is 24.9. The van der Waals surface area contributed by atoms with Gasteiger partial charge in [0.2, 0.25) is 11.8 Å². The van der Waals surface area contributed by atoms with E-state index in [0.29, 0.717) is 6.54 Å². The van der Waals surface area contributed by atoms with Crippen LogP contribution < -0.4 is 10.1 Å². The molecule has 1 N–H and O–H groups in total. The van der Waals surface area contributed by atoms with Crippen molar-refractivity contribution in [2.75, 3.05) is 26.7 Å². The fraction of sp³-hybridized carbons (Fsp3) is 0.368. The summed E-state index contributed by atoms with van der Waals surface area (Å²) in [7, 11) is 1.71. The quantitative estimate of drug-likeness (QED) is 0.635. The molecule has 0 aromatic heterocycles. The highest BCUT2D eigenvalue weighted by atomic mass is 16.5. The minimum Gasteiger partial charge on any atom is -0.481 e. The second-order valence-electron chi connectivity index (χ2n) is 5.64. The van der Waals surface area contributed by atoms with Crippen LogP contribution in [0.5, 0.6) is 5.75 Å². The maximum absolute atomic E-state index is 11.9. The number of benzene rings is 1. The number of rotatable bonds is 6. The first-order valence-corrected chi connectivity index (χ1v) is 7.90. The van der Waals surface area contributed by atoms with E-state index >= 15 is 0 Å². The van der Waals surface area contributed by atoms with E-state index in [1.165, 1.54) is 0 Å². The maximum Gasteiger partial charge on any atom is 0.226 e. The molecule has 1 fully saturated rings. The standard InChI is InChI=1S/C19H22N2O3/c1-3-8-15-9-4-5-10-17(15)24-12-7-6-11-20-19(23)16-13-18(22)21(2)14-16/h3-5,9-10,16H,1,8,11-14H2,2H3,(H,20,23). The monoisotopic (exact) mass is 326 g/mol. The molecule has 1 saturated heterocycles. The topological polar surface area (TPSA) is 58.6 Å². The summed E-state index contributed by atoms with van der Waals surface area (Å²) in [6.45, 7) is 4.72. The third kappa shape index (κ3) is 4.88. The van der Waals surface area contributed by atoms with Crippen molar-refractivity contribution in [3.63, 3.8) is 0 Å². The van der Waals surface area contributed by atoms with Crippen LogP contribution in [0.25, 0.3) is 0 Å². The van der Waals surface area contributed by atoms with Crippen molar-refractivity contribution >= 4 is 11.8 Å². The summed E-state index contributed by atoms with van der Waals surface area (Å²) in [6, 6.07) is 7.76. The Bertz CT molecular complexity index is 673. The van der Waals surface area contributed by atoms with Gasteiger partial charge in [0.05, 0.1) is 12.5 Å². The number of nitrogens with zero attached hydrogens (tertiary/aromatic N) is 1. The Hall–Kier alpha value is -2.74. The molecule has 5 nitrogen and oxygen atoms in total. The fourth-order valence-electron chi connectivity index (χ4n) is 2.51. The van der Waals surface area contributed by atoms with E-state index in [9.17, 15) is 9.59 Å². The minimum atomic E-state index is -0.272. The molecule has 0 bridgehead atoms. The van der Waals surface area contributed by atoms with Crippen molar-refractivity contribution in [3.8, 4) is 17.6 Å². The Morgan fingerprint density at radius 2 is 2.25 bits per heavy atom. The molecule has 0 radical (unpaired) electrons. The molecule has 0 spiro atoms. The Labute approximate surface area is 142 Å². The summed E-state index contributed by atoms with van der Waals surface area (Å²) < 4.78 is 5.64. The lowest BCUT2D eigenvalue weighted by Crippen LogP contribution is -2.32. The van der Waals surface area contributed by atoms with Crippen LogP contribution in [-0.2, 0) is 16.0 Å². The highest BCUT2D eigenvalue weighted by Crippen LogP contribution is 2.18. The second kappa shape index (κ2) is 8.78.